The zero-order valence-electron chi connectivity index (χ0n) is 16.4. The van der Waals surface area contributed by atoms with Crippen LogP contribution in [-0.4, -0.2) is 35.1 Å². The molecule has 0 spiro atoms. The second-order valence-corrected chi connectivity index (χ2v) is 7.21. The molecule has 0 saturated carbocycles. The Hall–Kier alpha value is -3.25. The van der Waals surface area contributed by atoms with Gasteiger partial charge in [-0.15, -0.1) is 0 Å². The Morgan fingerprint density at radius 2 is 2.00 bits per heavy atom. The number of benzene rings is 2. The van der Waals surface area contributed by atoms with Crippen molar-refractivity contribution in [3.8, 4) is 11.3 Å². The summed E-state index contributed by atoms with van der Waals surface area (Å²) in [4.78, 5) is 21.1. The number of rotatable bonds is 6. The SMILES string of the molecule is Cc1ccc(-c2cc(Nc3cccc(C(=O)NC[C@H]4CCCO4)c3)ncn2)cc1. The molecule has 6 nitrogen and oxygen atoms in total. The van der Waals surface area contributed by atoms with Gasteiger partial charge in [0.2, 0.25) is 0 Å². The Morgan fingerprint density at radius 3 is 2.79 bits per heavy atom. The van der Waals surface area contributed by atoms with Crippen molar-refractivity contribution in [1.82, 2.24) is 15.3 Å². The van der Waals surface area contributed by atoms with E-state index >= 15 is 0 Å². The lowest BCUT2D eigenvalue weighted by molar-refractivity contribution is 0.0858. The Morgan fingerprint density at radius 1 is 1.14 bits per heavy atom. The van der Waals surface area contributed by atoms with Gasteiger partial charge in [0.15, 0.2) is 0 Å². The first kappa shape index (κ1) is 19.1. The van der Waals surface area contributed by atoms with Crippen LogP contribution in [0.15, 0.2) is 60.9 Å². The van der Waals surface area contributed by atoms with Crippen LogP contribution in [0.3, 0.4) is 0 Å². The van der Waals surface area contributed by atoms with E-state index in [1.165, 1.54) is 11.9 Å². The maximum Gasteiger partial charge on any atom is 0.251 e. The third kappa shape index (κ3) is 4.97. The lowest BCUT2D eigenvalue weighted by atomic mass is 10.1. The van der Waals surface area contributed by atoms with E-state index in [9.17, 15) is 4.79 Å². The van der Waals surface area contributed by atoms with E-state index in [1.807, 2.05) is 36.4 Å². The van der Waals surface area contributed by atoms with Crippen molar-refractivity contribution in [1.29, 1.82) is 0 Å². The predicted molar refractivity (Wildman–Crippen MR) is 113 cm³/mol. The zero-order chi connectivity index (χ0) is 20.1. The number of hydrogen-bond acceptors (Lipinski definition) is 5. The van der Waals surface area contributed by atoms with Crippen LogP contribution in [0.2, 0.25) is 0 Å². The van der Waals surface area contributed by atoms with Crippen molar-refractivity contribution < 1.29 is 9.53 Å². The van der Waals surface area contributed by atoms with E-state index in [4.69, 9.17) is 4.74 Å². The highest BCUT2D eigenvalue weighted by atomic mass is 16.5. The van der Waals surface area contributed by atoms with Crippen LogP contribution in [0, 0.1) is 6.92 Å². The molecular formula is C23H24N4O2. The van der Waals surface area contributed by atoms with Crippen LogP contribution >= 0.6 is 0 Å². The highest BCUT2D eigenvalue weighted by molar-refractivity contribution is 5.95. The lowest BCUT2D eigenvalue weighted by Gasteiger charge is -2.12. The molecule has 4 rings (SSSR count). The second kappa shape index (κ2) is 8.84. The molecule has 2 aromatic carbocycles. The molecule has 1 aromatic heterocycles. The van der Waals surface area contributed by atoms with Crippen molar-refractivity contribution in [2.24, 2.45) is 0 Å². The summed E-state index contributed by atoms with van der Waals surface area (Å²) in [5, 5.41) is 6.21. The van der Waals surface area contributed by atoms with E-state index in [0.717, 1.165) is 36.4 Å². The monoisotopic (exact) mass is 388 g/mol. The molecule has 1 amide bonds. The van der Waals surface area contributed by atoms with Crippen LogP contribution in [0.5, 0.6) is 0 Å². The van der Waals surface area contributed by atoms with Gasteiger partial charge < -0.3 is 15.4 Å². The number of carbonyl (C=O) groups excluding carboxylic acids is 1. The number of ether oxygens (including phenoxy) is 1. The minimum atomic E-state index is -0.104. The van der Waals surface area contributed by atoms with Gasteiger partial charge in [0.05, 0.1) is 11.8 Å². The van der Waals surface area contributed by atoms with Gasteiger partial charge >= 0.3 is 0 Å². The van der Waals surface area contributed by atoms with Crippen molar-refractivity contribution >= 4 is 17.4 Å². The molecule has 0 aliphatic carbocycles. The molecule has 1 aliphatic heterocycles. The van der Waals surface area contributed by atoms with Crippen LogP contribution in [0.1, 0.15) is 28.8 Å². The Balaban J connectivity index is 1.44. The number of nitrogens with zero attached hydrogens (tertiary/aromatic N) is 2. The van der Waals surface area contributed by atoms with Gasteiger partial charge in [-0.3, -0.25) is 4.79 Å². The van der Waals surface area contributed by atoms with Gasteiger partial charge in [-0.25, -0.2) is 9.97 Å². The number of hydrogen-bond donors (Lipinski definition) is 2. The topological polar surface area (TPSA) is 76.1 Å². The van der Waals surface area contributed by atoms with Crippen LogP contribution in [-0.2, 0) is 4.74 Å². The molecule has 0 radical (unpaired) electrons. The predicted octanol–water partition coefficient (Wildman–Crippen LogP) is 4.10. The van der Waals surface area contributed by atoms with E-state index in [-0.39, 0.29) is 12.0 Å². The quantitative estimate of drug-likeness (QED) is 0.665. The molecule has 0 unspecified atom stereocenters. The standard InChI is InChI=1S/C23H24N4O2/c1-16-7-9-17(10-8-16)21-13-22(26-15-25-21)27-19-5-2-4-18(12-19)23(28)24-14-20-6-3-11-29-20/h2,4-5,7-10,12-13,15,20H,3,6,11,14H2,1H3,(H,24,28)(H,25,26,27)/t20-/m1/s1. The fourth-order valence-electron chi connectivity index (χ4n) is 3.31. The molecule has 1 atom stereocenters. The average molecular weight is 388 g/mol. The zero-order valence-corrected chi connectivity index (χ0v) is 16.4. The first-order chi connectivity index (χ1) is 14.2. The summed E-state index contributed by atoms with van der Waals surface area (Å²) in [5.41, 5.74) is 4.47. The number of aryl methyl sites for hydroxylation is 1. The van der Waals surface area contributed by atoms with Crippen LogP contribution in [0.4, 0.5) is 11.5 Å². The average Bonchev–Trinajstić information content (AvgIpc) is 3.27. The molecule has 29 heavy (non-hydrogen) atoms. The third-order valence-corrected chi connectivity index (χ3v) is 4.93. The third-order valence-electron chi connectivity index (χ3n) is 4.93. The van der Waals surface area contributed by atoms with Gasteiger partial charge in [-0.2, -0.15) is 0 Å². The summed E-state index contributed by atoms with van der Waals surface area (Å²) in [5.74, 6) is 0.569. The molecule has 0 bridgehead atoms. The molecule has 1 fully saturated rings. The number of nitrogens with one attached hydrogen (secondary N) is 2. The van der Waals surface area contributed by atoms with Crippen LogP contribution in [0.25, 0.3) is 11.3 Å². The van der Waals surface area contributed by atoms with Gasteiger partial charge in [0.25, 0.3) is 5.91 Å². The fourth-order valence-corrected chi connectivity index (χ4v) is 3.31. The highest BCUT2D eigenvalue weighted by Gasteiger charge is 2.16. The fraction of sp³-hybridized carbons (Fsp3) is 0.261. The van der Waals surface area contributed by atoms with E-state index in [0.29, 0.717) is 17.9 Å². The normalized spacial score (nSPS) is 15.8. The lowest BCUT2D eigenvalue weighted by Crippen LogP contribution is -2.31. The minimum absolute atomic E-state index is 0.104. The summed E-state index contributed by atoms with van der Waals surface area (Å²) in [7, 11) is 0. The summed E-state index contributed by atoms with van der Waals surface area (Å²) in [6.07, 6.45) is 3.72. The van der Waals surface area contributed by atoms with E-state index < -0.39 is 0 Å². The first-order valence-corrected chi connectivity index (χ1v) is 9.83. The van der Waals surface area contributed by atoms with Gasteiger partial charge in [0, 0.05) is 36.0 Å². The highest BCUT2D eigenvalue weighted by Crippen LogP contribution is 2.22. The van der Waals surface area contributed by atoms with Crippen molar-refractivity contribution in [2.45, 2.75) is 25.9 Å². The maximum atomic E-state index is 12.5. The van der Waals surface area contributed by atoms with E-state index in [1.54, 1.807) is 6.07 Å². The van der Waals surface area contributed by atoms with E-state index in [2.05, 4.69) is 39.7 Å². The largest absolute Gasteiger partial charge is 0.376 e. The summed E-state index contributed by atoms with van der Waals surface area (Å²) in [6.45, 7) is 3.38. The molecule has 3 aromatic rings. The second-order valence-electron chi connectivity index (χ2n) is 7.21. The Labute approximate surface area is 170 Å². The molecule has 1 aliphatic rings. The Bertz CT molecular complexity index is 982. The molecule has 6 heteroatoms. The maximum absolute atomic E-state index is 12.5. The minimum Gasteiger partial charge on any atom is -0.376 e. The van der Waals surface area contributed by atoms with Gasteiger partial charge in [0.1, 0.15) is 12.1 Å². The molecule has 1 saturated heterocycles. The van der Waals surface area contributed by atoms with Gasteiger partial charge in [-0.1, -0.05) is 35.9 Å². The number of carbonyl (C=O) groups is 1. The van der Waals surface area contributed by atoms with Crippen molar-refractivity contribution in [2.75, 3.05) is 18.5 Å². The summed E-state index contributed by atoms with van der Waals surface area (Å²) >= 11 is 0. The number of anilines is 2. The Kier molecular flexibility index (Phi) is 5.81. The van der Waals surface area contributed by atoms with Crippen molar-refractivity contribution in [3.05, 3.63) is 72.1 Å². The van der Waals surface area contributed by atoms with Crippen LogP contribution < -0.4 is 10.6 Å². The molecular weight excluding hydrogens is 364 g/mol. The summed E-state index contributed by atoms with van der Waals surface area (Å²) in [6, 6.07) is 17.5. The smallest absolute Gasteiger partial charge is 0.251 e. The number of aromatic nitrogens is 2. The first-order valence-electron chi connectivity index (χ1n) is 9.83. The van der Waals surface area contributed by atoms with Gasteiger partial charge in [-0.05, 0) is 38.0 Å². The molecule has 148 valence electrons. The molecule has 2 N–H and O–H groups in total. The summed E-state index contributed by atoms with van der Waals surface area (Å²) < 4.78 is 5.55. The molecule has 2 heterocycles. The van der Waals surface area contributed by atoms with Crippen molar-refractivity contribution in [3.63, 3.8) is 0 Å². The number of amides is 1.